The Labute approximate surface area is 137 Å². The van der Waals surface area contributed by atoms with Gasteiger partial charge in [-0.25, -0.2) is 4.39 Å². The molecule has 0 aromatic heterocycles. The minimum atomic E-state index is -0.325. The van der Waals surface area contributed by atoms with E-state index in [2.05, 4.69) is 5.32 Å². The Morgan fingerprint density at radius 2 is 1.76 bits per heavy atom. The van der Waals surface area contributed by atoms with Gasteiger partial charge in [0.05, 0.1) is 16.1 Å². The van der Waals surface area contributed by atoms with Crippen LogP contribution in [0.2, 0.25) is 15.1 Å². The molecule has 0 amide bonds. The topological polar surface area (TPSA) is 21.3 Å². The first-order chi connectivity index (χ1) is 10.0. The van der Waals surface area contributed by atoms with Gasteiger partial charge in [-0.05, 0) is 25.2 Å². The third kappa shape index (κ3) is 4.01. The van der Waals surface area contributed by atoms with Crippen molar-refractivity contribution >= 4 is 34.8 Å². The van der Waals surface area contributed by atoms with Crippen molar-refractivity contribution in [1.82, 2.24) is 5.32 Å². The van der Waals surface area contributed by atoms with Gasteiger partial charge in [0.1, 0.15) is 12.4 Å². The van der Waals surface area contributed by atoms with E-state index in [0.29, 0.717) is 26.4 Å². The Morgan fingerprint density at radius 3 is 2.33 bits per heavy atom. The molecule has 0 bridgehead atoms. The number of nitrogens with one attached hydrogen (secondary N) is 1. The van der Waals surface area contributed by atoms with Crippen LogP contribution in [0, 0.1) is 5.82 Å². The van der Waals surface area contributed by atoms with Gasteiger partial charge in [-0.15, -0.1) is 0 Å². The zero-order chi connectivity index (χ0) is 15.4. The smallest absolute Gasteiger partial charge is 0.156 e. The molecule has 1 N–H and O–H groups in total. The molecular formula is C15H13Cl3FNO. The number of hydrogen-bond donors (Lipinski definition) is 1. The molecule has 1 unspecified atom stereocenters. The van der Waals surface area contributed by atoms with E-state index in [1.807, 2.05) is 0 Å². The average Bonchev–Trinajstić information content (AvgIpc) is 2.43. The summed E-state index contributed by atoms with van der Waals surface area (Å²) in [5, 5.41) is 4.06. The zero-order valence-corrected chi connectivity index (χ0v) is 13.4. The lowest BCUT2D eigenvalue weighted by molar-refractivity contribution is 0.270. The van der Waals surface area contributed by atoms with Crippen molar-refractivity contribution in [3.8, 4) is 5.75 Å². The van der Waals surface area contributed by atoms with E-state index in [1.165, 1.54) is 6.07 Å². The highest BCUT2D eigenvalue weighted by Gasteiger charge is 2.16. The van der Waals surface area contributed by atoms with Gasteiger partial charge in [0.15, 0.2) is 5.75 Å². The van der Waals surface area contributed by atoms with Gasteiger partial charge in [0.25, 0.3) is 0 Å². The number of hydrogen-bond acceptors (Lipinski definition) is 2. The van der Waals surface area contributed by atoms with Crippen molar-refractivity contribution in [3.05, 3.63) is 62.8 Å². The molecule has 21 heavy (non-hydrogen) atoms. The summed E-state index contributed by atoms with van der Waals surface area (Å²) in [5.41, 5.74) is 0.515. The third-order valence-corrected chi connectivity index (χ3v) is 3.77. The fraction of sp³-hybridized carbons (Fsp3) is 0.200. The second-order valence-corrected chi connectivity index (χ2v) is 5.62. The quantitative estimate of drug-likeness (QED) is 0.809. The van der Waals surface area contributed by atoms with Gasteiger partial charge in [0, 0.05) is 10.6 Å². The summed E-state index contributed by atoms with van der Waals surface area (Å²) in [7, 11) is 1.73. The van der Waals surface area contributed by atoms with E-state index in [-0.39, 0.29) is 18.5 Å². The number of halogens is 4. The van der Waals surface area contributed by atoms with Gasteiger partial charge in [-0.3, -0.25) is 0 Å². The first kappa shape index (κ1) is 16.4. The molecule has 0 heterocycles. The molecule has 0 aliphatic rings. The normalized spacial score (nSPS) is 12.2. The Bertz CT molecular complexity index is 613. The summed E-state index contributed by atoms with van der Waals surface area (Å²) in [5.74, 6) is 0.0353. The van der Waals surface area contributed by atoms with E-state index in [0.717, 1.165) is 0 Å². The van der Waals surface area contributed by atoms with Crippen molar-refractivity contribution in [3.63, 3.8) is 0 Å². The summed E-state index contributed by atoms with van der Waals surface area (Å²) >= 11 is 17.9. The number of likely N-dealkylation sites (N-methyl/N-ethyl adjacent to an activating group) is 1. The van der Waals surface area contributed by atoms with E-state index in [1.54, 1.807) is 37.4 Å². The minimum Gasteiger partial charge on any atom is -0.488 e. The SMILES string of the molecule is CNC(COc1c(Cl)cc(Cl)cc1Cl)c1ccccc1F. The number of benzene rings is 2. The second-order valence-electron chi connectivity index (χ2n) is 4.37. The summed E-state index contributed by atoms with van der Waals surface area (Å²) in [6.45, 7) is 0.179. The molecular weight excluding hydrogens is 336 g/mol. The predicted molar refractivity (Wildman–Crippen MR) is 85.2 cm³/mol. The molecule has 0 spiro atoms. The van der Waals surface area contributed by atoms with Crippen LogP contribution in [0.15, 0.2) is 36.4 Å². The highest BCUT2D eigenvalue weighted by atomic mass is 35.5. The van der Waals surface area contributed by atoms with Crippen molar-refractivity contribution < 1.29 is 9.13 Å². The van der Waals surface area contributed by atoms with Crippen LogP contribution < -0.4 is 10.1 Å². The Balaban J connectivity index is 2.17. The molecule has 0 aliphatic heterocycles. The maximum Gasteiger partial charge on any atom is 0.156 e. The van der Waals surface area contributed by atoms with Crippen molar-refractivity contribution in [2.45, 2.75) is 6.04 Å². The molecule has 0 fully saturated rings. The zero-order valence-electron chi connectivity index (χ0n) is 11.2. The van der Waals surface area contributed by atoms with Crippen molar-refractivity contribution in [1.29, 1.82) is 0 Å². The molecule has 6 heteroatoms. The predicted octanol–water partition coefficient (Wildman–Crippen LogP) is 5.13. The Morgan fingerprint density at radius 1 is 1.14 bits per heavy atom. The first-order valence-corrected chi connectivity index (χ1v) is 7.35. The van der Waals surface area contributed by atoms with Crippen LogP contribution in [0.3, 0.4) is 0 Å². The summed E-state index contributed by atoms with van der Waals surface area (Å²) < 4.78 is 19.4. The maximum absolute atomic E-state index is 13.8. The van der Waals surface area contributed by atoms with Crippen LogP contribution in [-0.4, -0.2) is 13.7 Å². The molecule has 2 aromatic carbocycles. The minimum absolute atomic E-state index is 0.179. The van der Waals surface area contributed by atoms with Crippen LogP contribution in [0.1, 0.15) is 11.6 Å². The van der Waals surface area contributed by atoms with Gasteiger partial charge in [0.2, 0.25) is 0 Å². The number of ether oxygens (including phenoxy) is 1. The average molecular weight is 349 g/mol. The van der Waals surface area contributed by atoms with Gasteiger partial charge in [-0.2, -0.15) is 0 Å². The van der Waals surface area contributed by atoms with Crippen molar-refractivity contribution in [2.75, 3.05) is 13.7 Å². The number of rotatable bonds is 5. The standard InChI is InChI=1S/C15H13Cl3FNO/c1-20-14(10-4-2-3-5-13(10)19)8-21-15-11(17)6-9(16)7-12(15)18/h2-7,14,20H,8H2,1H3. The third-order valence-electron chi connectivity index (χ3n) is 2.99. The first-order valence-electron chi connectivity index (χ1n) is 6.22. The molecule has 112 valence electrons. The molecule has 2 rings (SSSR count). The van der Waals surface area contributed by atoms with Crippen LogP contribution in [0.5, 0.6) is 5.75 Å². The largest absolute Gasteiger partial charge is 0.488 e. The lowest BCUT2D eigenvalue weighted by atomic mass is 10.1. The molecule has 0 saturated carbocycles. The highest BCUT2D eigenvalue weighted by molar-refractivity contribution is 6.40. The summed E-state index contributed by atoms with van der Waals surface area (Å²) in [4.78, 5) is 0. The molecule has 0 aliphatic carbocycles. The van der Waals surface area contributed by atoms with Crippen molar-refractivity contribution in [2.24, 2.45) is 0 Å². The van der Waals surface area contributed by atoms with Gasteiger partial charge < -0.3 is 10.1 Å². The Hall–Kier alpha value is -1.00. The highest BCUT2D eigenvalue weighted by Crippen LogP contribution is 2.36. The fourth-order valence-corrected chi connectivity index (χ4v) is 2.85. The van der Waals surface area contributed by atoms with Gasteiger partial charge in [-0.1, -0.05) is 53.0 Å². The van der Waals surface area contributed by atoms with Crippen LogP contribution in [0.4, 0.5) is 4.39 Å². The lowest BCUT2D eigenvalue weighted by Crippen LogP contribution is -2.24. The van der Waals surface area contributed by atoms with Crippen LogP contribution in [0.25, 0.3) is 0 Å². The monoisotopic (exact) mass is 347 g/mol. The van der Waals surface area contributed by atoms with E-state index < -0.39 is 0 Å². The molecule has 0 saturated heterocycles. The fourth-order valence-electron chi connectivity index (χ4n) is 1.92. The van der Waals surface area contributed by atoms with E-state index in [9.17, 15) is 4.39 Å². The van der Waals surface area contributed by atoms with Gasteiger partial charge >= 0.3 is 0 Å². The molecule has 0 radical (unpaired) electrons. The van der Waals surface area contributed by atoms with E-state index in [4.69, 9.17) is 39.5 Å². The van der Waals surface area contributed by atoms with Crippen LogP contribution in [-0.2, 0) is 0 Å². The molecule has 1 atom stereocenters. The molecule has 2 aromatic rings. The summed E-state index contributed by atoms with van der Waals surface area (Å²) in [6.07, 6.45) is 0. The lowest BCUT2D eigenvalue weighted by Gasteiger charge is -2.19. The molecule has 2 nitrogen and oxygen atoms in total. The second kappa shape index (κ2) is 7.32. The van der Waals surface area contributed by atoms with E-state index >= 15 is 0 Å². The van der Waals surface area contributed by atoms with Crippen LogP contribution >= 0.6 is 34.8 Å². The Kier molecular flexibility index (Phi) is 5.71. The maximum atomic E-state index is 13.8. The summed E-state index contributed by atoms with van der Waals surface area (Å²) in [6, 6.07) is 9.27.